The van der Waals surface area contributed by atoms with Crippen molar-refractivity contribution in [3.05, 3.63) is 22.4 Å². The van der Waals surface area contributed by atoms with E-state index in [2.05, 4.69) is 27.7 Å². The molecule has 5 fully saturated rings. The Hall–Kier alpha value is -0.870. The van der Waals surface area contributed by atoms with Crippen LogP contribution in [0.5, 0.6) is 0 Å². The molecule has 1 N–H and O–H groups in total. The summed E-state index contributed by atoms with van der Waals surface area (Å²) < 4.78 is 0. The van der Waals surface area contributed by atoms with Crippen molar-refractivity contribution in [1.29, 1.82) is 0 Å². The normalized spacial score (nSPS) is 41.0. The molecule has 0 unspecified atom stereocenters. The van der Waals surface area contributed by atoms with Gasteiger partial charge in [-0.25, -0.2) is 0 Å². The van der Waals surface area contributed by atoms with Crippen molar-refractivity contribution in [2.75, 3.05) is 13.1 Å². The van der Waals surface area contributed by atoms with E-state index in [1.807, 2.05) is 11.3 Å². The fourth-order valence-electron chi connectivity index (χ4n) is 6.60. The molecule has 3 nitrogen and oxygen atoms in total. The van der Waals surface area contributed by atoms with E-state index in [4.69, 9.17) is 0 Å². The summed E-state index contributed by atoms with van der Waals surface area (Å²) in [6, 6.07) is 4.82. The number of thiophene rings is 1. The van der Waals surface area contributed by atoms with Crippen LogP contribution in [0.4, 0.5) is 0 Å². The standard InChI is InChI=1S/C20H28N2OS/c23-19(13-22-5-1-3-17(22)18-4-2-6-24-18)21-20-10-14-7-15(11-20)9-16(8-14)12-20/h2,4,6,14-17H,1,3,5,7-13H2,(H,21,23)/t14?,15?,16?,17-,20?/m0/s1. The molecule has 130 valence electrons. The minimum Gasteiger partial charge on any atom is -0.350 e. The molecule has 24 heavy (non-hydrogen) atoms. The molecule has 0 spiro atoms. The Morgan fingerprint density at radius 3 is 2.54 bits per heavy atom. The molecule has 0 aromatic carbocycles. The average molecular weight is 345 g/mol. The van der Waals surface area contributed by atoms with Gasteiger partial charge in [0.15, 0.2) is 0 Å². The lowest BCUT2D eigenvalue weighted by Crippen LogP contribution is -2.60. The van der Waals surface area contributed by atoms with Crippen LogP contribution in [-0.4, -0.2) is 29.4 Å². The first-order chi connectivity index (χ1) is 11.7. The van der Waals surface area contributed by atoms with Crippen molar-refractivity contribution in [3.8, 4) is 0 Å². The smallest absolute Gasteiger partial charge is 0.234 e. The first-order valence-corrected chi connectivity index (χ1v) is 10.7. The third-order valence-corrected chi connectivity index (χ3v) is 8.00. The quantitative estimate of drug-likeness (QED) is 0.896. The molecule has 4 bridgehead atoms. The van der Waals surface area contributed by atoms with Crippen molar-refractivity contribution in [1.82, 2.24) is 10.2 Å². The van der Waals surface area contributed by atoms with Crippen LogP contribution in [0.3, 0.4) is 0 Å². The summed E-state index contributed by atoms with van der Waals surface area (Å²) in [4.78, 5) is 16.7. The van der Waals surface area contributed by atoms with Crippen LogP contribution in [0, 0.1) is 17.8 Å². The van der Waals surface area contributed by atoms with E-state index in [0.717, 1.165) is 24.3 Å². The summed E-state index contributed by atoms with van der Waals surface area (Å²) in [7, 11) is 0. The summed E-state index contributed by atoms with van der Waals surface area (Å²) in [5, 5.41) is 5.69. The second kappa shape index (κ2) is 5.84. The molecular formula is C20H28N2OS. The van der Waals surface area contributed by atoms with E-state index in [9.17, 15) is 4.79 Å². The minimum absolute atomic E-state index is 0.157. The number of hydrogen-bond donors (Lipinski definition) is 1. The maximum atomic E-state index is 12.8. The van der Waals surface area contributed by atoms with Crippen LogP contribution in [0.2, 0.25) is 0 Å². The molecule has 6 rings (SSSR count). The number of hydrogen-bond acceptors (Lipinski definition) is 3. The van der Waals surface area contributed by atoms with E-state index < -0.39 is 0 Å². The second-order valence-corrected chi connectivity index (χ2v) is 9.87. The number of carbonyl (C=O) groups excluding carboxylic acids is 1. The minimum atomic E-state index is 0.157. The van der Waals surface area contributed by atoms with Crippen LogP contribution in [0.15, 0.2) is 17.5 Å². The Kier molecular flexibility index (Phi) is 3.75. The van der Waals surface area contributed by atoms with Gasteiger partial charge in [-0.1, -0.05) is 6.07 Å². The summed E-state index contributed by atoms with van der Waals surface area (Å²) in [5.74, 6) is 2.95. The van der Waals surface area contributed by atoms with Gasteiger partial charge in [-0.3, -0.25) is 9.69 Å². The highest BCUT2D eigenvalue weighted by Gasteiger charge is 2.51. The number of likely N-dealkylation sites (tertiary alicyclic amines) is 1. The van der Waals surface area contributed by atoms with Gasteiger partial charge in [0.05, 0.1) is 6.54 Å². The van der Waals surface area contributed by atoms with Crippen LogP contribution < -0.4 is 5.32 Å². The molecule has 1 aromatic rings. The summed E-state index contributed by atoms with van der Waals surface area (Å²) in [6.07, 6.45) is 10.5. The van der Waals surface area contributed by atoms with Gasteiger partial charge in [0.1, 0.15) is 0 Å². The Morgan fingerprint density at radius 1 is 1.21 bits per heavy atom. The molecular weight excluding hydrogens is 316 g/mol. The number of nitrogens with one attached hydrogen (secondary N) is 1. The summed E-state index contributed by atoms with van der Waals surface area (Å²) >= 11 is 1.83. The number of carbonyl (C=O) groups is 1. The zero-order valence-corrected chi connectivity index (χ0v) is 15.2. The van der Waals surface area contributed by atoms with Crippen LogP contribution in [0.25, 0.3) is 0 Å². The zero-order chi connectivity index (χ0) is 16.1. The Morgan fingerprint density at radius 2 is 1.92 bits per heavy atom. The molecule has 0 radical (unpaired) electrons. The summed E-state index contributed by atoms with van der Waals surface area (Å²) in [5.41, 5.74) is 0.157. The van der Waals surface area contributed by atoms with Crippen LogP contribution in [-0.2, 0) is 4.79 Å². The van der Waals surface area contributed by atoms with Crippen molar-refractivity contribution >= 4 is 17.2 Å². The van der Waals surface area contributed by atoms with Gasteiger partial charge >= 0.3 is 0 Å². The van der Waals surface area contributed by atoms with E-state index in [0.29, 0.717) is 12.6 Å². The van der Waals surface area contributed by atoms with Gasteiger partial charge in [0.2, 0.25) is 5.91 Å². The molecule has 4 saturated carbocycles. The van der Waals surface area contributed by atoms with E-state index in [-0.39, 0.29) is 11.4 Å². The molecule has 1 atom stereocenters. The second-order valence-electron chi connectivity index (χ2n) is 8.89. The van der Waals surface area contributed by atoms with Gasteiger partial charge in [-0.15, -0.1) is 11.3 Å². The highest BCUT2D eigenvalue weighted by molar-refractivity contribution is 7.10. The SMILES string of the molecule is O=C(CN1CCC[C@H]1c1cccs1)NC12CC3CC(CC(C3)C1)C2. The van der Waals surface area contributed by atoms with Gasteiger partial charge in [0.25, 0.3) is 0 Å². The third-order valence-electron chi connectivity index (χ3n) is 7.02. The lowest BCUT2D eigenvalue weighted by atomic mass is 9.53. The molecule has 1 amide bonds. The average Bonchev–Trinajstić information content (AvgIpc) is 3.15. The molecule has 4 heteroatoms. The monoisotopic (exact) mass is 344 g/mol. The third kappa shape index (κ3) is 2.72. The van der Waals surface area contributed by atoms with Crippen LogP contribution >= 0.6 is 11.3 Å². The molecule has 1 aliphatic heterocycles. The lowest BCUT2D eigenvalue weighted by molar-refractivity contribution is -0.128. The van der Waals surface area contributed by atoms with Crippen molar-refractivity contribution in [3.63, 3.8) is 0 Å². The van der Waals surface area contributed by atoms with Crippen LogP contribution in [0.1, 0.15) is 62.3 Å². The largest absolute Gasteiger partial charge is 0.350 e. The van der Waals surface area contributed by atoms with E-state index in [1.54, 1.807) is 0 Å². The zero-order valence-electron chi connectivity index (χ0n) is 14.4. The van der Waals surface area contributed by atoms with Crippen molar-refractivity contribution in [2.45, 2.75) is 62.9 Å². The van der Waals surface area contributed by atoms with Crippen molar-refractivity contribution in [2.24, 2.45) is 17.8 Å². The van der Waals surface area contributed by atoms with E-state index >= 15 is 0 Å². The van der Waals surface area contributed by atoms with E-state index in [1.165, 1.54) is 56.2 Å². The fraction of sp³-hybridized carbons (Fsp3) is 0.750. The molecule has 1 aromatic heterocycles. The Balaban J connectivity index is 1.25. The summed E-state index contributed by atoms with van der Waals surface area (Å²) in [6.45, 7) is 1.65. The predicted octanol–water partition coefficient (Wildman–Crippen LogP) is 3.97. The first kappa shape index (κ1) is 15.4. The first-order valence-electron chi connectivity index (χ1n) is 9.78. The number of amides is 1. The predicted molar refractivity (Wildman–Crippen MR) is 96.9 cm³/mol. The molecule has 5 aliphatic rings. The van der Waals surface area contributed by atoms with Gasteiger partial charge in [-0.2, -0.15) is 0 Å². The molecule has 4 aliphatic carbocycles. The van der Waals surface area contributed by atoms with Crippen molar-refractivity contribution < 1.29 is 4.79 Å². The highest BCUT2D eigenvalue weighted by Crippen LogP contribution is 2.55. The topological polar surface area (TPSA) is 32.3 Å². The fourth-order valence-corrected chi connectivity index (χ4v) is 7.50. The Bertz CT molecular complexity index is 576. The number of nitrogens with zero attached hydrogens (tertiary/aromatic N) is 1. The number of rotatable bonds is 4. The molecule has 2 heterocycles. The maximum Gasteiger partial charge on any atom is 0.234 e. The van der Waals surface area contributed by atoms with Gasteiger partial charge in [0, 0.05) is 16.5 Å². The van der Waals surface area contributed by atoms with Gasteiger partial charge in [-0.05, 0) is 87.1 Å². The van der Waals surface area contributed by atoms with Gasteiger partial charge < -0.3 is 5.32 Å². The Labute approximate surface area is 148 Å². The lowest BCUT2D eigenvalue weighted by Gasteiger charge is -2.57. The maximum absolute atomic E-state index is 12.8. The molecule has 1 saturated heterocycles. The highest BCUT2D eigenvalue weighted by atomic mass is 32.1.